The fraction of sp³-hybridized carbons (Fsp3) is 0.215. The molecule has 19 aromatic carbocycles. The van der Waals surface area contributed by atoms with E-state index in [1.54, 1.807) is 125 Å². The summed E-state index contributed by atoms with van der Waals surface area (Å²) in [6, 6.07) is 100. The Kier molecular flexibility index (Phi) is 18.5. The van der Waals surface area contributed by atoms with Crippen molar-refractivity contribution in [1.29, 1.82) is 0 Å². The summed E-state index contributed by atoms with van der Waals surface area (Å²) in [7, 11) is 0. The van der Waals surface area contributed by atoms with E-state index in [1.807, 2.05) is 193 Å². The van der Waals surface area contributed by atoms with Crippen LogP contribution in [0.15, 0.2) is 350 Å². The molecule has 0 spiro atoms. The molecule has 19 aromatic rings. The molecule has 0 saturated carbocycles. The molecular formula is C135H126Br2N3O4Pd+. The molecule has 0 fully saturated rings. The van der Waals surface area contributed by atoms with Crippen LogP contribution in [0.1, 0.15) is 295 Å². The van der Waals surface area contributed by atoms with E-state index in [4.69, 9.17) is 50.0 Å². The van der Waals surface area contributed by atoms with Crippen molar-refractivity contribution in [2.24, 2.45) is 0 Å². The average molecular weight is 2160 g/mol. The molecule has 0 saturated heterocycles. The van der Waals surface area contributed by atoms with Crippen LogP contribution in [0.5, 0.6) is 0 Å². The zero-order chi connectivity index (χ0) is 132. The number of benzene rings is 19. The molecule has 0 radical (unpaired) electrons. The third kappa shape index (κ3) is 18.8. The van der Waals surface area contributed by atoms with E-state index in [0.717, 1.165) is 56.2 Å². The molecule has 145 heavy (non-hydrogen) atoms. The zero-order valence-electron chi connectivity index (χ0n) is 117. The Bertz CT molecular complexity index is 9850. The summed E-state index contributed by atoms with van der Waals surface area (Å²) in [6.07, 6.45) is 5.33. The molecule has 7 nitrogen and oxygen atoms in total. The fourth-order valence-electron chi connectivity index (χ4n) is 21.4. The van der Waals surface area contributed by atoms with Crippen LogP contribution >= 0.6 is 31.9 Å². The van der Waals surface area contributed by atoms with E-state index in [9.17, 15) is 19.2 Å². The first-order valence-corrected chi connectivity index (χ1v) is 48.8. The van der Waals surface area contributed by atoms with E-state index in [0.29, 0.717) is 99.1 Å². The van der Waals surface area contributed by atoms with Gasteiger partial charge in [0.05, 0.1) is 50.8 Å². The van der Waals surface area contributed by atoms with Gasteiger partial charge in [-0.1, -0.05) is 407 Å². The van der Waals surface area contributed by atoms with Gasteiger partial charge in [0.15, 0.2) is 5.56 Å². The van der Waals surface area contributed by atoms with Crippen LogP contribution in [0.2, 0.25) is 0 Å². The fourth-order valence-corrected chi connectivity index (χ4v) is 22.3. The Morgan fingerprint density at radius 3 is 1.10 bits per heavy atom. The maximum Gasteiger partial charge on any atom is 0.300 e. The predicted molar refractivity (Wildman–Crippen MR) is 619 cm³/mol. The van der Waals surface area contributed by atoms with Crippen molar-refractivity contribution in [3.8, 4) is 66.8 Å². The number of carboxylic acid groups (broad SMARTS) is 2. The maximum atomic E-state index is 10.3. The number of nitrogens with one attached hydrogen (secondary N) is 1. The van der Waals surface area contributed by atoms with Crippen LogP contribution in [0, 0.1) is 6.08 Å². The number of aliphatic carboxylic acids is 2. The van der Waals surface area contributed by atoms with Gasteiger partial charge in [-0.05, 0) is 263 Å². The monoisotopic (exact) mass is 2150 g/mol. The first-order valence-electron chi connectivity index (χ1n) is 65.2. The van der Waals surface area contributed by atoms with E-state index in [1.165, 1.54) is 88.6 Å². The minimum Gasteiger partial charge on any atom is -0.481 e. The quantitative estimate of drug-likeness (QED) is 0.0475. The van der Waals surface area contributed by atoms with Gasteiger partial charge < -0.3 is 25.3 Å². The Hall–Kier alpha value is -13.6. The largest absolute Gasteiger partial charge is 0.481 e. The van der Waals surface area contributed by atoms with E-state index in [-0.39, 0.29) is 77.0 Å². The summed E-state index contributed by atoms with van der Waals surface area (Å²) >= 11 is 7.25. The maximum absolute atomic E-state index is 10.3. The summed E-state index contributed by atoms with van der Waals surface area (Å²) < 4.78 is 325. The van der Waals surface area contributed by atoms with Gasteiger partial charge in [0.1, 0.15) is 4.48 Å². The number of halogens is 2. The van der Waals surface area contributed by atoms with Crippen molar-refractivity contribution < 1.29 is 89.6 Å². The van der Waals surface area contributed by atoms with Gasteiger partial charge in [0.25, 0.3) is 11.9 Å². The number of carbonyl (C=O) groups is 2. The molecule has 0 aliphatic heterocycles. The third-order valence-corrected chi connectivity index (χ3v) is 29.5. The summed E-state index contributed by atoms with van der Waals surface area (Å²) in [5.74, 6) is -19.8. The molecule has 10 heteroatoms. The molecule has 4 aliphatic rings. The van der Waals surface area contributed by atoms with Crippen molar-refractivity contribution in [1.82, 2.24) is 0 Å². The molecule has 0 bridgehead atoms. The van der Waals surface area contributed by atoms with Gasteiger partial charge in [0, 0.05) is 165 Å². The van der Waals surface area contributed by atoms with Crippen LogP contribution in [0.4, 0.5) is 45.5 Å². The van der Waals surface area contributed by atoms with Crippen molar-refractivity contribution in [3.05, 3.63) is 434 Å². The Balaban J connectivity index is 0.000000223. The standard InChI is InChI=1S/C82H76N2.C33H35N.C16H7Br2.2C2H4O2.Pd/c1-49(2)59-37-33-57(53-23-15-13-16-24-53)43-75(59)83(77-47-67-61-27-19-21-29-69(61)81(9,10)71(67)45-65(77)51(5)6)73-41-35-55-32-40-64-74(42-36-56-31-39-63(73)79(55)80(56)64)84(76-44-58(34-38-60(76)50(3)4)54-25-17-14-18-26-54)78-48-68-62-28-20-22-30-70(62)82(11,12)72(68)46-66(78)52(7)8;1-21(2)25-17-16-24(23-12-8-7-9-13-23)18-31(25)34-32-20-28-26-14-10-11-15-29(26)33(5,6)30(28)19-27(32)22(3)4;17-13-8-4-10-2-6-12-14(18)7-3-9-1-5-11(13)16(10)15(9)12;2*1-2(3)4;/h13-52H,1-12H3;7-22,34H,1-6H3;1-3,5-8H;2*1H3,(H,3,4);/q;;+1;;;/i1D3,2D3,3D3,5D3,7D3,8D3,49D,50D,51D,52D;1D3,2D3,3D3,4D3,21D,22D;;;;. The molecule has 728 valence electrons. The van der Waals surface area contributed by atoms with E-state index >= 15 is 0 Å². The Morgan fingerprint density at radius 2 is 0.648 bits per heavy atom. The number of anilines is 8. The van der Waals surface area contributed by atoms with Gasteiger partial charge in [0.2, 0.25) is 0 Å². The number of rotatable bonds is 17. The molecule has 3 N–H and O–H groups in total. The molecule has 2 unspecified atom stereocenters. The SMILES string of the molecule is BrC1=c2ccc3ccc(Br)c4ccc(c2c34)[C+]=C1.CC(=O)O.CC(=O)O.[2H]C([2H])([2H])C([2H])(C)c1ccc(-c2ccccc2)cc1N(c1cc2c(cc1C([2H])(C([2H])([2H])[2H])C([2H])([2H])[2H])C(C)(C)c1ccccc1-2)c1ccc2ccc3c(N(c4cc5c(cc4C([2H])(C)C([2H])([2H])[2H])C(C)(C)c4ccccc4-5)c4cc(-c5ccccc5)ccc4C([2H])(C([2H])([2H])[2H])C([2H])([2H])[2H])ccc4ccc1c2c43.[2H]C([2H])([2H])C([2H])(c1ccc(-c2ccccc2)cc1Nc1cc2c(cc1C([2H])(C([2H])([2H])[2H])C([2H])([2H])[2H])C(C)(C)c1ccccc1-2)C([2H])([2H])[2H].[Pd]. The molecular weight excluding hydrogens is 1990 g/mol. The van der Waals surface area contributed by atoms with E-state index < -0.39 is 154 Å². The first kappa shape index (κ1) is 65.7. The number of nitrogens with zero attached hydrogens (tertiary/aromatic N) is 2. The van der Waals surface area contributed by atoms with Crippen molar-refractivity contribution in [2.45, 2.75) is 189 Å². The molecule has 0 aromatic heterocycles. The number of allylic oxidation sites excluding steroid dienone is 1. The topological polar surface area (TPSA) is 93.1 Å². The van der Waals surface area contributed by atoms with Crippen molar-refractivity contribution >= 4 is 148 Å². The Labute approximate surface area is 937 Å². The molecule has 4 aliphatic carbocycles. The third-order valence-electron chi connectivity index (χ3n) is 28.1. The summed E-state index contributed by atoms with van der Waals surface area (Å²) in [4.78, 5) is 21.2. The van der Waals surface area contributed by atoms with Crippen LogP contribution in [0.25, 0.3) is 125 Å². The van der Waals surface area contributed by atoms with Crippen LogP contribution < -0.4 is 20.3 Å². The van der Waals surface area contributed by atoms with Gasteiger partial charge in [-0.3, -0.25) is 9.59 Å². The number of fused-ring (bicyclic) bond motifs is 9. The minimum atomic E-state index is -3.59. The van der Waals surface area contributed by atoms with Crippen LogP contribution in [0.3, 0.4) is 0 Å². The van der Waals surface area contributed by atoms with E-state index in [2.05, 4.69) is 79.7 Å². The summed E-state index contributed by atoms with van der Waals surface area (Å²) in [5, 5.41) is 27.2. The van der Waals surface area contributed by atoms with Gasteiger partial charge in [-0.15, -0.1) is 0 Å². The first-order chi connectivity index (χ1) is 83.3. The summed E-state index contributed by atoms with van der Waals surface area (Å²) in [5.41, 5.74) is 8.79. The minimum absolute atomic E-state index is 0. The predicted octanol–water partition coefficient (Wildman–Crippen LogP) is 38.5. The average Bonchev–Trinajstić information content (AvgIpc) is 1.58. The van der Waals surface area contributed by atoms with Gasteiger partial charge in [-0.25, -0.2) is 0 Å². The number of carboxylic acids is 2. The second-order valence-electron chi connectivity index (χ2n) is 38.2. The summed E-state index contributed by atoms with van der Waals surface area (Å²) in [6.45, 7) is -17.5. The van der Waals surface area contributed by atoms with Gasteiger partial charge in [-0.2, -0.15) is 0 Å². The molecule has 23 rings (SSSR count). The molecule has 0 heterocycles. The van der Waals surface area contributed by atoms with Crippen molar-refractivity contribution in [2.75, 3.05) is 15.1 Å². The van der Waals surface area contributed by atoms with Crippen molar-refractivity contribution in [3.63, 3.8) is 0 Å². The number of hydrogen-bond donors (Lipinski definition) is 3. The van der Waals surface area contributed by atoms with Crippen LogP contribution in [-0.4, -0.2) is 22.2 Å². The number of hydrogen-bond acceptors (Lipinski definition) is 5. The normalized spacial score (nSPS) is 18.9. The zero-order valence-corrected chi connectivity index (χ0v) is 85.8. The van der Waals surface area contributed by atoms with Gasteiger partial charge >= 0.3 is 0 Å². The Morgan fingerprint density at radius 1 is 0.317 bits per heavy atom. The molecule has 2 atom stereocenters. The smallest absolute Gasteiger partial charge is 0.300 e. The second-order valence-corrected chi connectivity index (χ2v) is 39.9. The second kappa shape index (κ2) is 40.7. The van der Waals surface area contributed by atoms with Crippen LogP contribution in [-0.2, 0) is 46.3 Å². The molecule has 0 amide bonds.